The molecule has 0 spiro atoms. The lowest BCUT2D eigenvalue weighted by molar-refractivity contribution is 0.0950. The summed E-state index contributed by atoms with van der Waals surface area (Å²) >= 11 is 0. The number of amides is 1. The molecule has 0 atom stereocenters. The van der Waals surface area contributed by atoms with Gasteiger partial charge in [0.15, 0.2) is 0 Å². The summed E-state index contributed by atoms with van der Waals surface area (Å²) < 4.78 is 5.15. The first-order valence-electron chi connectivity index (χ1n) is 8.64. The van der Waals surface area contributed by atoms with E-state index in [9.17, 15) is 4.79 Å². The summed E-state index contributed by atoms with van der Waals surface area (Å²) in [6.45, 7) is 0. The van der Waals surface area contributed by atoms with Crippen LogP contribution in [0.4, 0.5) is 5.69 Å². The van der Waals surface area contributed by atoms with Gasteiger partial charge in [0, 0.05) is 30.9 Å². The quantitative estimate of drug-likeness (QED) is 0.529. The summed E-state index contributed by atoms with van der Waals surface area (Å²) in [5.41, 5.74) is 6.02. The zero-order valence-corrected chi connectivity index (χ0v) is 16.0. The first kappa shape index (κ1) is 19.0. The Morgan fingerprint density at radius 2 is 1.86 bits per heavy atom. The first-order valence-corrected chi connectivity index (χ1v) is 8.64. The highest BCUT2D eigenvalue weighted by atomic mass is 16.5. The average molecular weight is 375 g/mol. The van der Waals surface area contributed by atoms with Crippen molar-refractivity contribution in [1.82, 2.24) is 15.4 Å². The Balaban J connectivity index is 1.73. The van der Waals surface area contributed by atoms with Crippen LogP contribution >= 0.6 is 0 Å². The van der Waals surface area contributed by atoms with E-state index in [4.69, 9.17) is 4.74 Å². The van der Waals surface area contributed by atoms with Gasteiger partial charge in [0.1, 0.15) is 11.4 Å². The van der Waals surface area contributed by atoms with Crippen molar-refractivity contribution in [2.24, 2.45) is 5.10 Å². The average Bonchev–Trinajstić information content (AvgIpc) is 2.74. The third-order valence-corrected chi connectivity index (χ3v) is 4.04. The minimum absolute atomic E-state index is 0.186. The summed E-state index contributed by atoms with van der Waals surface area (Å²) in [4.78, 5) is 22.8. The molecule has 142 valence electrons. The van der Waals surface area contributed by atoms with Crippen molar-refractivity contribution in [3.63, 3.8) is 0 Å². The van der Waals surface area contributed by atoms with Crippen LogP contribution in [0.5, 0.6) is 5.75 Å². The maximum absolute atomic E-state index is 12.4. The Morgan fingerprint density at radius 3 is 2.57 bits per heavy atom. The number of methoxy groups -OCH3 is 1. The van der Waals surface area contributed by atoms with E-state index in [-0.39, 0.29) is 5.69 Å². The normalized spacial score (nSPS) is 10.7. The van der Waals surface area contributed by atoms with Gasteiger partial charge in [-0.15, -0.1) is 0 Å². The molecule has 3 aromatic rings. The molecular formula is C21H21N5O2. The molecule has 1 amide bonds. The topological polar surface area (TPSA) is 79.7 Å². The molecule has 0 saturated heterocycles. The predicted octanol–water partition coefficient (Wildman–Crippen LogP) is 2.98. The number of anilines is 1. The van der Waals surface area contributed by atoms with Crippen LogP contribution in [0.2, 0.25) is 0 Å². The lowest BCUT2D eigenvalue weighted by Gasteiger charge is -2.14. The van der Waals surface area contributed by atoms with Gasteiger partial charge in [-0.2, -0.15) is 5.10 Å². The maximum atomic E-state index is 12.4. The van der Waals surface area contributed by atoms with E-state index < -0.39 is 5.91 Å². The molecule has 0 saturated carbocycles. The number of ether oxygens (including phenoxy) is 1. The third-order valence-electron chi connectivity index (χ3n) is 4.04. The molecule has 0 unspecified atom stereocenters. The number of rotatable bonds is 6. The van der Waals surface area contributed by atoms with Gasteiger partial charge in [0.25, 0.3) is 5.91 Å². The second-order valence-corrected chi connectivity index (χ2v) is 6.17. The molecule has 1 heterocycles. The highest BCUT2D eigenvalue weighted by molar-refractivity contribution is 5.94. The van der Waals surface area contributed by atoms with Crippen molar-refractivity contribution >= 4 is 17.8 Å². The second kappa shape index (κ2) is 8.77. The zero-order valence-electron chi connectivity index (χ0n) is 16.0. The number of hydrogen-bond donors (Lipinski definition) is 1. The van der Waals surface area contributed by atoms with Crippen LogP contribution in [0, 0.1) is 0 Å². The fourth-order valence-electron chi connectivity index (χ4n) is 2.60. The maximum Gasteiger partial charge on any atom is 0.291 e. The van der Waals surface area contributed by atoms with E-state index in [1.807, 2.05) is 67.5 Å². The van der Waals surface area contributed by atoms with Crippen LogP contribution in [-0.2, 0) is 0 Å². The van der Waals surface area contributed by atoms with Crippen molar-refractivity contribution in [2.75, 3.05) is 26.1 Å². The second-order valence-electron chi connectivity index (χ2n) is 6.17. The predicted molar refractivity (Wildman–Crippen MR) is 110 cm³/mol. The molecule has 0 aliphatic rings. The number of para-hydroxylation sites is 1. The molecule has 0 aliphatic heterocycles. The zero-order chi connectivity index (χ0) is 19.9. The van der Waals surface area contributed by atoms with Crippen LogP contribution < -0.4 is 15.1 Å². The summed E-state index contributed by atoms with van der Waals surface area (Å²) in [7, 11) is 5.51. The minimum atomic E-state index is -0.429. The standard InChI is InChI=1S/C21H21N5O2/c1-26(2)20-7-5-4-6-16(20)12-23-25-21(27)19-14-22-13-18(24-19)15-8-10-17(28-3)11-9-15/h4-14H,1-3H3,(H,25,27)/b23-12+. The lowest BCUT2D eigenvalue weighted by Crippen LogP contribution is -2.19. The van der Waals surface area contributed by atoms with Crippen LogP contribution in [0.15, 0.2) is 66.0 Å². The third kappa shape index (κ3) is 4.50. The Labute approximate surface area is 163 Å². The van der Waals surface area contributed by atoms with Crippen LogP contribution in [0.1, 0.15) is 16.1 Å². The van der Waals surface area contributed by atoms with Gasteiger partial charge in [-0.05, 0) is 30.3 Å². The molecule has 0 fully saturated rings. The van der Waals surface area contributed by atoms with Gasteiger partial charge >= 0.3 is 0 Å². The summed E-state index contributed by atoms with van der Waals surface area (Å²) in [6.07, 6.45) is 4.62. The van der Waals surface area contributed by atoms with E-state index in [0.29, 0.717) is 5.69 Å². The highest BCUT2D eigenvalue weighted by Crippen LogP contribution is 2.20. The minimum Gasteiger partial charge on any atom is -0.497 e. The Hall–Kier alpha value is -3.74. The van der Waals surface area contributed by atoms with E-state index in [2.05, 4.69) is 20.5 Å². The van der Waals surface area contributed by atoms with Gasteiger partial charge in [0.05, 0.1) is 31.4 Å². The number of carbonyl (C=O) groups is 1. The molecule has 0 aliphatic carbocycles. The van der Waals surface area contributed by atoms with E-state index in [1.54, 1.807) is 19.5 Å². The van der Waals surface area contributed by atoms with E-state index in [1.165, 1.54) is 6.20 Å². The first-order chi connectivity index (χ1) is 13.6. The largest absolute Gasteiger partial charge is 0.497 e. The van der Waals surface area contributed by atoms with Crippen molar-refractivity contribution < 1.29 is 9.53 Å². The number of aromatic nitrogens is 2. The highest BCUT2D eigenvalue weighted by Gasteiger charge is 2.09. The monoisotopic (exact) mass is 375 g/mol. The molecule has 0 radical (unpaired) electrons. The number of carbonyl (C=O) groups excluding carboxylic acids is 1. The summed E-state index contributed by atoms with van der Waals surface area (Å²) in [5, 5.41) is 4.05. The smallest absolute Gasteiger partial charge is 0.291 e. The fourth-order valence-corrected chi connectivity index (χ4v) is 2.60. The number of hydrogen-bond acceptors (Lipinski definition) is 6. The van der Waals surface area contributed by atoms with Crippen molar-refractivity contribution in [3.8, 4) is 17.0 Å². The number of hydrazone groups is 1. The van der Waals surface area contributed by atoms with Gasteiger partial charge in [0.2, 0.25) is 0 Å². The molecule has 7 nitrogen and oxygen atoms in total. The van der Waals surface area contributed by atoms with Crippen LogP contribution in [-0.4, -0.2) is 43.3 Å². The van der Waals surface area contributed by atoms with E-state index >= 15 is 0 Å². The molecule has 3 rings (SSSR count). The van der Waals surface area contributed by atoms with Crippen molar-refractivity contribution in [3.05, 3.63) is 72.2 Å². The number of benzene rings is 2. The number of nitrogens with one attached hydrogen (secondary N) is 1. The van der Waals surface area contributed by atoms with Crippen LogP contribution in [0.25, 0.3) is 11.3 Å². The molecular weight excluding hydrogens is 354 g/mol. The van der Waals surface area contributed by atoms with Gasteiger partial charge in [-0.3, -0.25) is 9.78 Å². The summed E-state index contributed by atoms with van der Waals surface area (Å²) in [5.74, 6) is 0.319. The SMILES string of the molecule is COc1ccc(-c2cncc(C(=O)N/N=C/c3ccccc3N(C)C)n2)cc1. The Kier molecular flexibility index (Phi) is 5.96. The molecule has 1 N–H and O–H groups in total. The molecule has 0 bridgehead atoms. The molecule has 7 heteroatoms. The van der Waals surface area contributed by atoms with Gasteiger partial charge in [-0.1, -0.05) is 18.2 Å². The molecule has 28 heavy (non-hydrogen) atoms. The van der Waals surface area contributed by atoms with E-state index in [0.717, 1.165) is 22.6 Å². The Morgan fingerprint density at radius 1 is 1.11 bits per heavy atom. The van der Waals surface area contributed by atoms with Crippen molar-refractivity contribution in [2.45, 2.75) is 0 Å². The Bertz CT molecular complexity index is 984. The van der Waals surface area contributed by atoms with Crippen LogP contribution in [0.3, 0.4) is 0 Å². The summed E-state index contributed by atoms with van der Waals surface area (Å²) in [6, 6.07) is 15.2. The fraction of sp³-hybridized carbons (Fsp3) is 0.143. The lowest BCUT2D eigenvalue weighted by atomic mass is 10.1. The van der Waals surface area contributed by atoms with Gasteiger partial charge < -0.3 is 9.64 Å². The molecule has 1 aromatic heterocycles. The van der Waals surface area contributed by atoms with Gasteiger partial charge in [-0.25, -0.2) is 10.4 Å². The number of nitrogens with zero attached hydrogens (tertiary/aromatic N) is 4. The molecule has 2 aromatic carbocycles. The van der Waals surface area contributed by atoms with Crippen molar-refractivity contribution in [1.29, 1.82) is 0 Å².